The Morgan fingerprint density at radius 3 is 2.67 bits per heavy atom. The number of para-hydroxylation sites is 1. The van der Waals surface area contributed by atoms with Crippen molar-refractivity contribution in [2.75, 3.05) is 13.2 Å². The molecule has 0 unspecified atom stereocenters. The van der Waals surface area contributed by atoms with E-state index in [0.29, 0.717) is 10.9 Å². The number of phosphoric acid groups is 1. The smallest absolute Gasteiger partial charge is 0.429 e. The number of aromatic amines is 1. The van der Waals surface area contributed by atoms with Crippen LogP contribution < -0.4 is 15.0 Å². The minimum atomic E-state index is -3.69. The van der Waals surface area contributed by atoms with Crippen molar-refractivity contribution in [1.29, 1.82) is 0 Å². The molecule has 2 heterocycles. The normalized spacial score (nSPS) is 20.3. The highest BCUT2D eigenvalue weighted by molar-refractivity contribution is 7.54. The molecule has 0 aliphatic carbocycles. The van der Waals surface area contributed by atoms with Crippen molar-refractivity contribution >= 4 is 19.1 Å². The first-order valence-corrected chi connectivity index (χ1v) is 8.04. The molecule has 7 heteroatoms. The lowest BCUT2D eigenvalue weighted by Crippen LogP contribution is -2.37. The van der Waals surface area contributed by atoms with Gasteiger partial charge in [0.15, 0.2) is 5.75 Å². The summed E-state index contributed by atoms with van der Waals surface area (Å²) in [5.74, 6) is 0.192. The van der Waals surface area contributed by atoms with E-state index in [1.807, 2.05) is 13.8 Å². The molecule has 112 valence electrons. The predicted molar refractivity (Wildman–Crippen MR) is 77.8 cm³/mol. The van der Waals surface area contributed by atoms with Gasteiger partial charge in [-0.25, -0.2) is 0 Å². The average molecular weight is 309 g/mol. The Morgan fingerprint density at radius 1 is 1.29 bits per heavy atom. The monoisotopic (exact) mass is 309 g/mol. The molecule has 2 aromatic rings. The van der Waals surface area contributed by atoms with Crippen LogP contribution in [0.5, 0.6) is 5.75 Å². The maximum atomic E-state index is 12.5. The standard InChI is InChI=1S/C14H16NO5P/c1-14(2)8-18-21(17,19-9-14)20-12-7-13(16)15-11-6-4-3-5-10(11)12/h3-7H,8-9H2,1-2H3,(H,15,16). The van der Waals surface area contributed by atoms with Crippen LogP contribution in [-0.4, -0.2) is 18.2 Å². The molecule has 0 amide bonds. The van der Waals surface area contributed by atoms with E-state index in [4.69, 9.17) is 13.6 Å². The maximum Gasteiger partial charge on any atom is 0.429 e. The minimum absolute atomic E-state index is 0.192. The highest BCUT2D eigenvalue weighted by atomic mass is 31.2. The molecule has 0 radical (unpaired) electrons. The molecule has 1 saturated heterocycles. The fourth-order valence-corrected chi connectivity index (χ4v) is 3.59. The van der Waals surface area contributed by atoms with Crippen LogP contribution in [0.1, 0.15) is 13.8 Å². The van der Waals surface area contributed by atoms with Gasteiger partial charge in [0.05, 0.1) is 11.6 Å². The van der Waals surface area contributed by atoms with Gasteiger partial charge in [-0.2, -0.15) is 9.05 Å². The van der Waals surface area contributed by atoms with Crippen molar-refractivity contribution < 1.29 is 18.5 Å². The van der Waals surface area contributed by atoms with E-state index < -0.39 is 8.17 Å². The van der Waals surface area contributed by atoms with E-state index in [1.165, 1.54) is 6.07 Å². The Labute approximate surface area is 122 Å². The topological polar surface area (TPSA) is 83.6 Å². The molecule has 0 atom stereocenters. The fraction of sp³-hybridized carbons (Fsp3) is 0.357. The van der Waals surface area contributed by atoms with E-state index in [0.717, 1.165) is 0 Å². The third kappa shape index (κ3) is 3.09. The van der Waals surface area contributed by atoms with E-state index >= 15 is 0 Å². The molecule has 1 fully saturated rings. The van der Waals surface area contributed by atoms with Gasteiger partial charge < -0.3 is 9.88 Å². The number of benzene rings is 1. The number of aromatic nitrogens is 1. The zero-order valence-corrected chi connectivity index (χ0v) is 12.7. The molecule has 0 spiro atoms. The molecule has 1 aromatic heterocycles. The molecule has 3 rings (SSSR count). The van der Waals surface area contributed by atoms with Crippen LogP contribution in [0.2, 0.25) is 0 Å². The summed E-state index contributed by atoms with van der Waals surface area (Å²) in [6, 6.07) is 8.34. The minimum Gasteiger partial charge on any atom is -0.598 e. The molecule has 1 aliphatic heterocycles. The first-order chi connectivity index (χ1) is 9.87. The second kappa shape index (κ2) is 5.07. The SMILES string of the molecule is CC1(C)CO[P+]([O-])(Oc2cc(=O)[nH]c3ccccc23)OC1. The van der Waals surface area contributed by atoms with Crippen LogP contribution in [0.15, 0.2) is 35.1 Å². The van der Waals surface area contributed by atoms with Crippen LogP contribution in [0.3, 0.4) is 0 Å². The lowest BCUT2D eigenvalue weighted by molar-refractivity contribution is -0.253. The summed E-state index contributed by atoms with van der Waals surface area (Å²) >= 11 is 0. The summed E-state index contributed by atoms with van der Waals surface area (Å²) < 4.78 is 16.0. The first-order valence-electron chi connectivity index (χ1n) is 6.58. The van der Waals surface area contributed by atoms with Crippen LogP contribution in [0.25, 0.3) is 10.9 Å². The highest BCUT2D eigenvalue weighted by Crippen LogP contribution is 2.58. The van der Waals surface area contributed by atoms with Gasteiger partial charge in [0.1, 0.15) is 13.2 Å². The Kier molecular flexibility index (Phi) is 3.50. The van der Waals surface area contributed by atoms with E-state index in [-0.39, 0.29) is 29.9 Å². The number of rotatable bonds is 2. The largest absolute Gasteiger partial charge is 0.598 e. The Bertz CT molecular complexity index is 717. The van der Waals surface area contributed by atoms with Gasteiger partial charge >= 0.3 is 8.17 Å². The van der Waals surface area contributed by atoms with Gasteiger partial charge in [-0.3, -0.25) is 9.32 Å². The van der Waals surface area contributed by atoms with Crippen molar-refractivity contribution in [2.45, 2.75) is 13.8 Å². The number of phosphoric ester groups is 1. The Balaban J connectivity index is 1.93. The summed E-state index contributed by atoms with van der Waals surface area (Å²) in [5, 5.41) is 0.643. The molecule has 1 N–H and O–H groups in total. The first kappa shape index (κ1) is 14.5. The Morgan fingerprint density at radius 2 is 1.95 bits per heavy atom. The molecule has 0 saturated carbocycles. The number of fused-ring (bicyclic) bond motifs is 1. The van der Waals surface area contributed by atoms with Crippen molar-refractivity contribution in [3.63, 3.8) is 0 Å². The third-order valence-corrected chi connectivity index (χ3v) is 4.46. The van der Waals surface area contributed by atoms with E-state index in [1.54, 1.807) is 24.3 Å². The van der Waals surface area contributed by atoms with Crippen molar-refractivity contribution in [3.8, 4) is 5.75 Å². The van der Waals surface area contributed by atoms with Crippen molar-refractivity contribution in [2.24, 2.45) is 5.41 Å². The second-order valence-electron chi connectivity index (χ2n) is 5.79. The quantitative estimate of drug-likeness (QED) is 0.858. The summed E-state index contributed by atoms with van der Waals surface area (Å²) in [5.41, 5.74) is 0.0459. The third-order valence-electron chi connectivity index (χ3n) is 3.15. The lowest BCUT2D eigenvalue weighted by Gasteiger charge is -2.35. The van der Waals surface area contributed by atoms with Crippen LogP contribution >= 0.6 is 8.17 Å². The predicted octanol–water partition coefficient (Wildman–Crippen LogP) is 2.02. The maximum absolute atomic E-state index is 12.5. The molecule has 1 aliphatic rings. The number of nitrogens with one attached hydrogen (secondary N) is 1. The molecule has 21 heavy (non-hydrogen) atoms. The molecule has 0 bridgehead atoms. The zero-order valence-electron chi connectivity index (χ0n) is 11.8. The van der Waals surface area contributed by atoms with Gasteiger partial charge in [-0.1, -0.05) is 26.0 Å². The fourth-order valence-electron chi connectivity index (χ4n) is 2.01. The van der Waals surface area contributed by atoms with Gasteiger partial charge in [0.25, 0.3) is 5.56 Å². The van der Waals surface area contributed by atoms with E-state index in [2.05, 4.69) is 4.98 Å². The summed E-state index contributed by atoms with van der Waals surface area (Å²) in [6.07, 6.45) is 0. The number of H-pyrrole nitrogens is 1. The lowest BCUT2D eigenvalue weighted by atomic mass is 9.97. The van der Waals surface area contributed by atoms with Gasteiger partial charge in [0.2, 0.25) is 0 Å². The molecule has 1 aromatic carbocycles. The van der Waals surface area contributed by atoms with Crippen LogP contribution in [0, 0.1) is 5.41 Å². The summed E-state index contributed by atoms with van der Waals surface area (Å²) in [6.45, 7) is 4.43. The molecular formula is C14H16NO5P. The number of pyridine rings is 1. The molecular weight excluding hydrogens is 293 g/mol. The summed E-state index contributed by atoms with van der Waals surface area (Å²) in [4.78, 5) is 26.8. The van der Waals surface area contributed by atoms with Crippen molar-refractivity contribution in [1.82, 2.24) is 4.98 Å². The van der Waals surface area contributed by atoms with Crippen LogP contribution in [-0.2, 0) is 9.05 Å². The second-order valence-corrected chi connectivity index (χ2v) is 7.39. The van der Waals surface area contributed by atoms with Gasteiger partial charge in [-0.05, 0) is 12.1 Å². The average Bonchev–Trinajstić information content (AvgIpc) is 2.43. The highest BCUT2D eigenvalue weighted by Gasteiger charge is 2.44. The zero-order chi connectivity index (χ0) is 15.1. The van der Waals surface area contributed by atoms with E-state index in [9.17, 15) is 9.69 Å². The number of hydrogen-bond acceptors (Lipinski definition) is 5. The summed E-state index contributed by atoms with van der Waals surface area (Å²) in [7, 11) is -3.69. The molecule has 6 nitrogen and oxygen atoms in total. The number of hydrogen-bond donors (Lipinski definition) is 1. The van der Waals surface area contributed by atoms with Crippen LogP contribution in [0.4, 0.5) is 0 Å². The Hall–Kier alpha value is -1.46. The van der Waals surface area contributed by atoms with Gasteiger partial charge in [0, 0.05) is 10.8 Å². The van der Waals surface area contributed by atoms with Gasteiger partial charge in [-0.15, -0.1) is 0 Å². The van der Waals surface area contributed by atoms with Crippen molar-refractivity contribution in [3.05, 3.63) is 40.7 Å².